The normalized spacial score (nSPS) is 29.2. The fourth-order valence-electron chi connectivity index (χ4n) is 0.717. The summed E-state index contributed by atoms with van der Waals surface area (Å²) in [6.45, 7) is 0.799. The summed E-state index contributed by atoms with van der Waals surface area (Å²) in [4.78, 5) is 4.00. The Labute approximate surface area is 54.9 Å². The fourth-order valence-corrected chi connectivity index (χ4v) is 0.717. The van der Waals surface area contributed by atoms with E-state index in [2.05, 4.69) is 4.99 Å². The molecule has 2 N–H and O–H groups in total. The standard InChI is InChI=1S/C5H12N4/c1-8-3-5(6)7-4-9(8)2/h4-5H,3,6H2,1-2H3. The predicted octanol–water partition coefficient (Wildman–Crippen LogP) is -0.908. The summed E-state index contributed by atoms with van der Waals surface area (Å²) in [7, 11) is 3.92. The molecule has 0 saturated carbocycles. The van der Waals surface area contributed by atoms with Crippen LogP contribution in [-0.2, 0) is 0 Å². The summed E-state index contributed by atoms with van der Waals surface area (Å²) in [5.74, 6) is 0. The second kappa shape index (κ2) is 2.33. The quantitative estimate of drug-likeness (QED) is 0.459. The lowest BCUT2D eigenvalue weighted by atomic mass is 10.5. The molecule has 1 atom stereocenters. The van der Waals surface area contributed by atoms with E-state index in [1.54, 1.807) is 6.34 Å². The molecule has 0 spiro atoms. The number of rotatable bonds is 0. The average Bonchev–Trinajstić information content (AvgIpc) is 1.80. The largest absolute Gasteiger partial charge is 0.309 e. The van der Waals surface area contributed by atoms with Gasteiger partial charge in [0.25, 0.3) is 0 Å². The first-order chi connectivity index (χ1) is 4.20. The maximum atomic E-state index is 5.52. The van der Waals surface area contributed by atoms with E-state index < -0.39 is 0 Å². The van der Waals surface area contributed by atoms with Crippen molar-refractivity contribution >= 4 is 6.34 Å². The molecule has 0 aliphatic carbocycles. The average molecular weight is 128 g/mol. The maximum absolute atomic E-state index is 5.52. The SMILES string of the molecule is CN1C=NC(N)CN1C. The molecule has 1 rings (SSSR count). The van der Waals surface area contributed by atoms with Crippen LogP contribution in [0.25, 0.3) is 0 Å². The van der Waals surface area contributed by atoms with Gasteiger partial charge in [-0.1, -0.05) is 0 Å². The maximum Gasteiger partial charge on any atom is 0.113 e. The fraction of sp³-hybridized carbons (Fsp3) is 0.800. The zero-order valence-electron chi connectivity index (χ0n) is 5.78. The predicted molar refractivity (Wildman–Crippen MR) is 36.9 cm³/mol. The first-order valence-electron chi connectivity index (χ1n) is 2.93. The van der Waals surface area contributed by atoms with Gasteiger partial charge in [-0.3, -0.25) is 10.0 Å². The number of hydrazine groups is 1. The number of aliphatic imine (C=N–C) groups is 1. The molecule has 0 bridgehead atoms. The smallest absolute Gasteiger partial charge is 0.113 e. The molecular formula is C5H12N4. The van der Waals surface area contributed by atoms with Crippen LogP contribution in [0.4, 0.5) is 0 Å². The van der Waals surface area contributed by atoms with Crippen molar-refractivity contribution in [3.63, 3.8) is 0 Å². The van der Waals surface area contributed by atoms with Crippen LogP contribution < -0.4 is 5.73 Å². The zero-order chi connectivity index (χ0) is 6.85. The third kappa shape index (κ3) is 1.40. The van der Waals surface area contributed by atoms with Gasteiger partial charge in [-0.05, 0) is 0 Å². The van der Waals surface area contributed by atoms with Gasteiger partial charge in [-0.25, -0.2) is 5.01 Å². The van der Waals surface area contributed by atoms with Crippen LogP contribution in [0.2, 0.25) is 0 Å². The van der Waals surface area contributed by atoms with Crippen molar-refractivity contribution in [2.24, 2.45) is 10.7 Å². The molecule has 0 saturated heterocycles. The van der Waals surface area contributed by atoms with Crippen molar-refractivity contribution < 1.29 is 0 Å². The number of nitrogens with zero attached hydrogens (tertiary/aromatic N) is 3. The van der Waals surface area contributed by atoms with Crippen LogP contribution in [-0.4, -0.2) is 43.2 Å². The minimum Gasteiger partial charge on any atom is -0.309 e. The molecule has 4 heteroatoms. The topological polar surface area (TPSA) is 44.9 Å². The molecule has 0 fully saturated rings. The molecule has 1 unspecified atom stereocenters. The van der Waals surface area contributed by atoms with E-state index in [0.717, 1.165) is 6.54 Å². The molecular weight excluding hydrogens is 116 g/mol. The van der Waals surface area contributed by atoms with E-state index in [1.165, 1.54) is 0 Å². The number of hydrogen-bond acceptors (Lipinski definition) is 4. The monoisotopic (exact) mass is 128 g/mol. The van der Waals surface area contributed by atoms with Gasteiger partial charge in [0.15, 0.2) is 0 Å². The van der Waals surface area contributed by atoms with Gasteiger partial charge < -0.3 is 5.73 Å². The Hall–Kier alpha value is -0.610. The van der Waals surface area contributed by atoms with Crippen molar-refractivity contribution in [3.8, 4) is 0 Å². The first kappa shape index (κ1) is 6.51. The zero-order valence-corrected chi connectivity index (χ0v) is 5.78. The highest BCUT2D eigenvalue weighted by molar-refractivity contribution is 5.54. The van der Waals surface area contributed by atoms with Crippen molar-refractivity contribution in [1.29, 1.82) is 0 Å². The van der Waals surface area contributed by atoms with Crippen LogP contribution in [0.5, 0.6) is 0 Å². The third-order valence-electron chi connectivity index (χ3n) is 1.42. The molecule has 0 aromatic carbocycles. The molecule has 0 amide bonds. The van der Waals surface area contributed by atoms with E-state index in [9.17, 15) is 0 Å². The van der Waals surface area contributed by atoms with Gasteiger partial charge in [0.1, 0.15) is 12.5 Å². The Morgan fingerprint density at radius 3 is 2.78 bits per heavy atom. The minimum absolute atomic E-state index is 0.0498. The van der Waals surface area contributed by atoms with Crippen molar-refractivity contribution in [2.75, 3.05) is 20.6 Å². The summed E-state index contributed by atoms with van der Waals surface area (Å²) in [5, 5.41) is 3.92. The number of nitrogens with two attached hydrogens (primary N) is 1. The molecule has 1 aliphatic heterocycles. The second-order valence-electron chi connectivity index (χ2n) is 2.25. The van der Waals surface area contributed by atoms with Gasteiger partial charge in [0, 0.05) is 14.1 Å². The summed E-state index contributed by atoms with van der Waals surface area (Å²) in [5.41, 5.74) is 5.52. The van der Waals surface area contributed by atoms with E-state index in [0.29, 0.717) is 0 Å². The highest BCUT2D eigenvalue weighted by atomic mass is 15.6. The summed E-state index contributed by atoms with van der Waals surface area (Å²) in [6, 6.07) is 0. The Morgan fingerprint density at radius 1 is 1.67 bits per heavy atom. The van der Waals surface area contributed by atoms with Crippen LogP contribution in [0.1, 0.15) is 0 Å². The van der Waals surface area contributed by atoms with Crippen molar-refractivity contribution in [1.82, 2.24) is 10.0 Å². The Balaban J connectivity index is 2.54. The molecule has 0 aromatic rings. The summed E-state index contributed by atoms with van der Waals surface area (Å²) in [6.07, 6.45) is 1.68. The van der Waals surface area contributed by atoms with Crippen molar-refractivity contribution in [3.05, 3.63) is 0 Å². The molecule has 52 valence electrons. The van der Waals surface area contributed by atoms with Gasteiger partial charge in [-0.15, -0.1) is 0 Å². The molecule has 9 heavy (non-hydrogen) atoms. The van der Waals surface area contributed by atoms with E-state index in [4.69, 9.17) is 5.73 Å². The first-order valence-corrected chi connectivity index (χ1v) is 2.93. The van der Waals surface area contributed by atoms with Crippen LogP contribution >= 0.6 is 0 Å². The van der Waals surface area contributed by atoms with Crippen molar-refractivity contribution in [2.45, 2.75) is 6.17 Å². The molecule has 4 nitrogen and oxygen atoms in total. The number of hydrogen-bond donors (Lipinski definition) is 1. The third-order valence-corrected chi connectivity index (χ3v) is 1.42. The van der Waals surface area contributed by atoms with Gasteiger partial charge in [0.05, 0.1) is 6.54 Å². The lowest BCUT2D eigenvalue weighted by Gasteiger charge is -2.31. The Bertz CT molecular complexity index is 122. The van der Waals surface area contributed by atoms with Crippen LogP contribution in [0.3, 0.4) is 0 Å². The molecule has 1 heterocycles. The lowest BCUT2D eigenvalue weighted by Crippen LogP contribution is -2.47. The van der Waals surface area contributed by atoms with Gasteiger partial charge >= 0.3 is 0 Å². The summed E-state index contributed by atoms with van der Waals surface area (Å²) >= 11 is 0. The van der Waals surface area contributed by atoms with Gasteiger partial charge in [0.2, 0.25) is 0 Å². The molecule has 1 aliphatic rings. The minimum atomic E-state index is -0.0498. The van der Waals surface area contributed by atoms with E-state index in [-0.39, 0.29) is 6.17 Å². The van der Waals surface area contributed by atoms with E-state index >= 15 is 0 Å². The highest BCUT2D eigenvalue weighted by Gasteiger charge is 2.11. The van der Waals surface area contributed by atoms with E-state index in [1.807, 2.05) is 24.1 Å². The highest BCUT2D eigenvalue weighted by Crippen LogP contribution is 1.96. The summed E-state index contributed by atoms with van der Waals surface area (Å²) < 4.78 is 0. The Kier molecular flexibility index (Phi) is 1.68. The number of likely N-dealkylation sites (N-methyl/N-ethyl adjacent to an activating group) is 1. The van der Waals surface area contributed by atoms with Crippen LogP contribution in [0.15, 0.2) is 4.99 Å². The second-order valence-corrected chi connectivity index (χ2v) is 2.25. The van der Waals surface area contributed by atoms with Crippen LogP contribution in [0, 0.1) is 0 Å². The lowest BCUT2D eigenvalue weighted by molar-refractivity contribution is 0.0908. The Morgan fingerprint density at radius 2 is 2.33 bits per heavy atom. The van der Waals surface area contributed by atoms with Gasteiger partial charge in [-0.2, -0.15) is 0 Å². The molecule has 0 radical (unpaired) electrons. The molecule has 0 aromatic heterocycles.